The van der Waals surface area contributed by atoms with Crippen LogP contribution in [0.15, 0.2) is 34.6 Å². The van der Waals surface area contributed by atoms with Gasteiger partial charge >= 0.3 is 0 Å². The van der Waals surface area contributed by atoms with Crippen LogP contribution in [0.25, 0.3) is 0 Å². The fourth-order valence-electron chi connectivity index (χ4n) is 1.07. The average molecular weight is 269 g/mol. The Morgan fingerprint density at radius 2 is 1.92 bits per heavy atom. The molecule has 5 heteroatoms. The number of fused-ring (bicyclic) bond motifs is 1. The second kappa shape index (κ2) is 3.90. The molecule has 0 spiro atoms. The van der Waals surface area contributed by atoms with Gasteiger partial charge in [0.1, 0.15) is 0 Å². The Balaban J connectivity index is 0.000000845. The number of hydrogen-bond acceptors (Lipinski definition) is 3. The van der Waals surface area contributed by atoms with Crippen LogP contribution in [0.5, 0.6) is 0 Å². The summed E-state index contributed by atoms with van der Waals surface area (Å²) in [5.74, 6) is 0. The first-order valence-electron chi connectivity index (χ1n) is 3.39. The van der Waals surface area contributed by atoms with Crippen LogP contribution in [0, 0.1) is 6.20 Å². The minimum Gasteiger partial charge on any atom is -0.522 e. The van der Waals surface area contributed by atoms with E-state index in [4.69, 9.17) is 0 Å². The molecule has 1 heterocycles. The second-order valence-electron chi connectivity index (χ2n) is 2.43. The van der Waals surface area contributed by atoms with Gasteiger partial charge in [0.25, 0.3) is 0 Å². The van der Waals surface area contributed by atoms with Gasteiger partial charge in [-0.2, -0.15) is 6.20 Å². The number of anilines is 1. The number of benzene rings is 1. The fraction of sp³-hybridized carbons (Fsp3) is 0. The molecule has 0 fully saturated rings. The molecule has 0 aliphatic carbocycles. The Hall–Kier alpha value is -0.186. The number of nitrogens with one attached hydrogen (secondary N) is 1. The van der Waals surface area contributed by atoms with Crippen molar-refractivity contribution in [3.8, 4) is 0 Å². The standard InChI is InChI=1S/C8H6NO2S.Y/c10-12(11)6-5-9-7-3-1-2-4-8(7)12;/h1-4,6,9H;/q-1;. The van der Waals surface area contributed by atoms with Crippen molar-refractivity contribution < 1.29 is 41.1 Å². The molecular formula is C8H6NO2SY-. The maximum Gasteiger partial charge on any atom is 0.169 e. The van der Waals surface area contributed by atoms with Crippen LogP contribution in [-0.4, -0.2) is 8.42 Å². The summed E-state index contributed by atoms with van der Waals surface area (Å²) in [7, 11) is -3.24. The molecule has 0 amide bonds. The quantitative estimate of drug-likeness (QED) is 0.719. The molecule has 0 aromatic heterocycles. The van der Waals surface area contributed by atoms with Crippen molar-refractivity contribution >= 4 is 15.5 Å². The topological polar surface area (TPSA) is 46.2 Å². The molecule has 0 saturated heterocycles. The Kier molecular flexibility index (Phi) is 3.27. The number of rotatable bonds is 0. The molecule has 1 radical (unpaired) electrons. The van der Waals surface area contributed by atoms with Gasteiger partial charge in [-0.15, -0.1) is 6.07 Å². The molecular weight excluding hydrogens is 263 g/mol. The number of sulfone groups is 1. The SMILES string of the molecule is O=S1(=O)C=[C-]Nc2ccccc21.[Y]. The Morgan fingerprint density at radius 3 is 2.62 bits per heavy atom. The summed E-state index contributed by atoms with van der Waals surface area (Å²) in [5.41, 5.74) is 0.583. The minimum atomic E-state index is -3.24. The molecule has 13 heavy (non-hydrogen) atoms. The molecule has 0 saturated carbocycles. The Bertz CT molecular complexity index is 439. The summed E-state index contributed by atoms with van der Waals surface area (Å²) in [4.78, 5) is 0.309. The van der Waals surface area contributed by atoms with Crippen LogP contribution in [-0.2, 0) is 42.5 Å². The van der Waals surface area contributed by atoms with Crippen LogP contribution in [0.4, 0.5) is 5.69 Å². The van der Waals surface area contributed by atoms with Crippen LogP contribution in [0.1, 0.15) is 0 Å². The van der Waals surface area contributed by atoms with Gasteiger partial charge in [0.05, 0.1) is 0 Å². The van der Waals surface area contributed by atoms with Crippen molar-refractivity contribution in [2.24, 2.45) is 0 Å². The van der Waals surface area contributed by atoms with E-state index in [-0.39, 0.29) is 32.7 Å². The summed E-state index contributed by atoms with van der Waals surface area (Å²) in [6.07, 6.45) is 2.47. The van der Waals surface area contributed by atoms with E-state index in [0.717, 1.165) is 5.41 Å². The molecule has 0 unspecified atom stereocenters. The van der Waals surface area contributed by atoms with E-state index in [2.05, 4.69) is 11.5 Å². The van der Waals surface area contributed by atoms with Crippen LogP contribution < -0.4 is 5.32 Å². The third-order valence-electron chi connectivity index (χ3n) is 1.61. The zero-order valence-electron chi connectivity index (χ0n) is 6.69. The van der Waals surface area contributed by atoms with Crippen molar-refractivity contribution in [3.05, 3.63) is 35.9 Å². The first-order valence-corrected chi connectivity index (χ1v) is 4.94. The summed E-state index contributed by atoms with van der Waals surface area (Å²) < 4.78 is 22.6. The van der Waals surface area contributed by atoms with Gasteiger partial charge < -0.3 is 5.32 Å². The van der Waals surface area contributed by atoms with E-state index >= 15 is 0 Å². The monoisotopic (exact) mass is 269 g/mol. The summed E-state index contributed by atoms with van der Waals surface area (Å²) >= 11 is 0. The number of para-hydroxylation sites is 1. The molecule has 1 aromatic rings. The van der Waals surface area contributed by atoms with Crippen molar-refractivity contribution in [3.63, 3.8) is 0 Å². The minimum absolute atomic E-state index is 0. The Morgan fingerprint density at radius 1 is 1.23 bits per heavy atom. The van der Waals surface area contributed by atoms with E-state index in [9.17, 15) is 8.42 Å². The molecule has 1 aliphatic rings. The third-order valence-corrected chi connectivity index (χ3v) is 3.01. The van der Waals surface area contributed by atoms with E-state index in [1.807, 2.05) is 0 Å². The van der Waals surface area contributed by atoms with Crippen molar-refractivity contribution in [1.29, 1.82) is 0 Å². The zero-order chi connectivity index (χ0) is 8.60. The van der Waals surface area contributed by atoms with Gasteiger partial charge in [0, 0.05) is 37.6 Å². The van der Waals surface area contributed by atoms with Gasteiger partial charge in [-0.25, -0.2) is 8.42 Å². The molecule has 1 N–H and O–H groups in total. The summed E-state index contributed by atoms with van der Waals surface area (Å²) in [5, 5.41) is 3.77. The predicted molar refractivity (Wildman–Crippen MR) is 45.1 cm³/mol. The summed E-state index contributed by atoms with van der Waals surface area (Å²) in [6, 6.07) is 6.73. The van der Waals surface area contributed by atoms with Crippen LogP contribution in [0.3, 0.4) is 0 Å². The smallest absolute Gasteiger partial charge is 0.169 e. The van der Waals surface area contributed by atoms with Gasteiger partial charge in [-0.3, -0.25) is 0 Å². The second-order valence-corrected chi connectivity index (χ2v) is 4.19. The van der Waals surface area contributed by atoms with Gasteiger partial charge in [-0.05, 0) is 5.41 Å². The van der Waals surface area contributed by atoms with E-state index < -0.39 is 9.84 Å². The molecule has 0 bridgehead atoms. The van der Waals surface area contributed by atoms with E-state index in [1.54, 1.807) is 24.3 Å². The maximum absolute atomic E-state index is 11.3. The predicted octanol–water partition coefficient (Wildman–Crippen LogP) is 1.16. The largest absolute Gasteiger partial charge is 0.522 e. The van der Waals surface area contributed by atoms with E-state index in [0.29, 0.717) is 10.6 Å². The van der Waals surface area contributed by atoms with Gasteiger partial charge in [0.2, 0.25) is 0 Å². The molecule has 1 aromatic carbocycles. The molecule has 2 rings (SSSR count). The molecule has 1 aliphatic heterocycles. The molecule has 3 nitrogen and oxygen atoms in total. The first kappa shape index (κ1) is 10.9. The van der Waals surface area contributed by atoms with Gasteiger partial charge in [-0.1, -0.05) is 23.9 Å². The van der Waals surface area contributed by atoms with Crippen molar-refractivity contribution in [2.75, 3.05) is 5.32 Å². The fourth-order valence-corrected chi connectivity index (χ4v) is 2.10. The average Bonchev–Trinajstić information content (AvgIpc) is 2.04. The van der Waals surface area contributed by atoms with Crippen molar-refractivity contribution in [2.45, 2.75) is 4.90 Å². The molecule has 65 valence electrons. The number of hydrogen-bond donors (Lipinski definition) is 1. The normalized spacial score (nSPS) is 16.6. The Labute approximate surface area is 102 Å². The maximum atomic E-state index is 11.3. The van der Waals surface area contributed by atoms with Crippen molar-refractivity contribution in [1.82, 2.24) is 0 Å². The van der Waals surface area contributed by atoms with Gasteiger partial charge in [0.15, 0.2) is 9.84 Å². The van der Waals surface area contributed by atoms with Crippen LogP contribution in [0.2, 0.25) is 0 Å². The molecule has 0 atom stereocenters. The van der Waals surface area contributed by atoms with E-state index in [1.165, 1.54) is 0 Å². The van der Waals surface area contributed by atoms with Crippen LogP contribution >= 0.6 is 0 Å². The zero-order valence-corrected chi connectivity index (χ0v) is 10.3. The first-order chi connectivity index (χ1) is 5.70. The summed E-state index contributed by atoms with van der Waals surface area (Å²) in [6.45, 7) is 0. The third kappa shape index (κ3) is 2.01.